The summed E-state index contributed by atoms with van der Waals surface area (Å²) in [5, 5.41) is 8.47. The van der Waals surface area contributed by atoms with E-state index in [-0.39, 0.29) is 5.91 Å². The Morgan fingerprint density at radius 3 is 2.69 bits per heavy atom. The normalized spacial score (nSPS) is 14.8. The third-order valence-corrected chi connectivity index (χ3v) is 6.73. The lowest BCUT2D eigenvalue weighted by Gasteiger charge is -2.30. The van der Waals surface area contributed by atoms with Crippen LogP contribution < -0.4 is 10.6 Å². The number of carbonyl (C=O) groups excluding carboxylic acids is 1. The van der Waals surface area contributed by atoms with Crippen molar-refractivity contribution in [2.45, 2.75) is 18.9 Å². The molecule has 36 heavy (non-hydrogen) atoms. The summed E-state index contributed by atoms with van der Waals surface area (Å²) in [6, 6.07) is 13.8. The molecule has 1 fully saturated rings. The number of hydrogen-bond donors (Lipinski definition) is 3. The molecule has 1 amide bonds. The standard InChI is InChI=1S/C27H26N8O/c1-35-12-8-19(9-13-35)32-26-21-14-18(2-4-23(21)30-16-31-26)22-15-29-25-20(22)3-5-24(33-25)34-27(36)17-6-10-28-11-7-17/h2-7,10-11,14-16,19H,8-9,12-13H2,1H3,(H,30,31,32)(H2,29,33,34,36). The number of anilines is 2. The van der Waals surface area contributed by atoms with Gasteiger partial charge in [0.1, 0.15) is 23.6 Å². The van der Waals surface area contributed by atoms with Gasteiger partial charge in [-0.15, -0.1) is 0 Å². The summed E-state index contributed by atoms with van der Waals surface area (Å²) in [6.07, 6.45) is 8.93. The van der Waals surface area contributed by atoms with Gasteiger partial charge in [-0.1, -0.05) is 6.07 Å². The monoisotopic (exact) mass is 478 g/mol. The van der Waals surface area contributed by atoms with Crippen molar-refractivity contribution in [3.63, 3.8) is 0 Å². The fraction of sp³-hybridized carbons (Fsp3) is 0.222. The second kappa shape index (κ2) is 9.35. The molecule has 6 rings (SSSR count). The van der Waals surface area contributed by atoms with Crippen LogP contribution in [-0.4, -0.2) is 61.9 Å². The first-order valence-corrected chi connectivity index (χ1v) is 12.0. The van der Waals surface area contributed by atoms with Crippen LogP contribution in [0.15, 0.2) is 67.4 Å². The molecule has 0 atom stereocenters. The molecule has 5 heterocycles. The minimum atomic E-state index is -0.227. The minimum Gasteiger partial charge on any atom is -0.367 e. The Labute approximate surface area is 208 Å². The number of benzene rings is 1. The average molecular weight is 479 g/mol. The average Bonchev–Trinajstić information content (AvgIpc) is 3.34. The van der Waals surface area contributed by atoms with E-state index in [0.717, 1.165) is 59.2 Å². The maximum absolute atomic E-state index is 12.5. The molecule has 0 unspecified atom stereocenters. The number of aromatic amines is 1. The summed E-state index contributed by atoms with van der Waals surface area (Å²) in [5.41, 5.74) is 4.21. The van der Waals surface area contributed by atoms with Crippen LogP contribution in [0.5, 0.6) is 0 Å². The summed E-state index contributed by atoms with van der Waals surface area (Å²) in [6.45, 7) is 2.17. The van der Waals surface area contributed by atoms with Gasteiger partial charge in [0.2, 0.25) is 0 Å². The van der Waals surface area contributed by atoms with E-state index in [0.29, 0.717) is 23.1 Å². The maximum Gasteiger partial charge on any atom is 0.256 e. The summed E-state index contributed by atoms with van der Waals surface area (Å²) >= 11 is 0. The van der Waals surface area contributed by atoms with Gasteiger partial charge in [0.15, 0.2) is 0 Å². The van der Waals surface area contributed by atoms with Crippen molar-refractivity contribution in [2.75, 3.05) is 30.8 Å². The number of pyridine rings is 2. The third-order valence-electron chi connectivity index (χ3n) is 6.73. The fourth-order valence-electron chi connectivity index (χ4n) is 4.69. The molecule has 4 aromatic heterocycles. The molecule has 5 aromatic rings. The number of nitrogens with one attached hydrogen (secondary N) is 3. The highest BCUT2D eigenvalue weighted by atomic mass is 16.1. The Kier molecular flexibility index (Phi) is 5.74. The molecule has 1 saturated heterocycles. The molecule has 9 nitrogen and oxygen atoms in total. The largest absolute Gasteiger partial charge is 0.367 e. The van der Waals surface area contributed by atoms with Crippen molar-refractivity contribution >= 4 is 39.5 Å². The Morgan fingerprint density at radius 1 is 1.03 bits per heavy atom. The van der Waals surface area contributed by atoms with E-state index < -0.39 is 0 Å². The van der Waals surface area contributed by atoms with Crippen LogP contribution in [0.3, 0.4) is 0 Å². The van der Waals surface area contributed by atoms with Gasteiger partial charge in [0.05, 0.1) is 5.52 Å². The van der Waals surface area contributed by atoms with Gasteiger partial charge in [-0.3, -0.25) is 9.78 Å². The summed E-state index contributed by atoms with van der Waals surface area (Å²) in [7, 11) is 2.16. The number of aromatic nitrogens is 5. The first-order chi connectivity index (χ1) is 17.6. The van der Waals surface area contributed by atoms with E-state index in [1.54, 1.807) is 30.9 Å². The summed E-state index contributed by atoms with van der Waals surface area (Å²) in [4.78, 5) is 35.7. The molecule has 0 radical (unpaired) electrons. The number of piperidine rings is 1. The quantitative estimate of drug-likeness (QED) is 0.345. The summed E-state index contributed by atoms with van der Waals surface area (Å²) in [5.74, 6) is 1.12. The fourth-order valence-corrected chi connectivity index (χ4v) is 4.69. The van der Waals surface area contributed by atoms with Gasteiger partial charge in [-0.25, -0.2) is 15.0 Å². The van der Waals surface area contributed by atoms with Gasteiger partial charge >= 0.3 is 0 Å². The molecule has 0 aliphatic carbocycles. The first-order valence-electron chi connectivity index (χ1n) is 12.0. The molecule has 0 spiro atoms. The van der Waals surface area contributed by atoms with E-state index in [2.05, 4.69) is 59.6 Å². The van der Waals surface area contributed by atoms with Gasteiger partial charge in [-0.2, -0.15) is 0 Å². The van der Waals surface area contributed by atoms with E-state index in [1.807, 2.05) is 24.4 Å². The number of carbonyl (C=O) groups is 1. The lowest BCUT2D eigenvalue weighted by molar-refractivity contribution is 0.102. The van der Waals surface area contributed by atoms with Crippen LogP contribution in [0.4, 0.5) is 11.6 Å². The Balaban J connectivity index is 1.29. The molecule has 1 aromatic carbocycles. The molecule has 0 bridgehead atoms. The van der Waals surface area contributed by atoms with Crippen molar-refractivity contribution < 1.29 is 4.79 Å². The SMILES string of the molecule is CN1CCC(Nc2ncnc3ccc(-c4c[nH]c5nc(NC(=O)c6ccncc6)ccc45)cc23)CC1. The molecule has 1 aliphatic rings. The smallest absolute Gasteiger partial charge is 0.256 e. The van der Waals surface area contributed by atoms with Crippen LogP contribution >= 0.6 is 0 Å². The molecule has 1 aliphatic heterocycles. The van der Waals surface area contributed by atoms with E-state index in [4.69, 9.17) is 0 Å². The van der Waals surface area contributed by atoms with E-state index in [1.165, 1.54) is 0 Å². The number of hydrogen-bond acceptors (Lipinski definition) is 7. The molecule has 180 valence electrons. The van der Waals surface area contributed by atoms with Crippen LogP contribution in [-0.2, 0) is 0 Å². The lowest BCUT2D eigenvalue weighted by Crippen LogP contribution is -2.36. The van der Waals surface area contributed by atoms with Crippen LogP contribution in [0.25, 0.3) is 33.1 Å². The number of likely N-dealkylation sites (tertiary alicyclic amines) is 1. The zero-order chi connectivity index (χ0) is 24.5. The highest BCUT2D eigenvalue weighted by Crippen LogP contribution is 2.32. The zero-order valence-corrected chi connectivity index (χ0v) is 19.9. The molecular weight excluding hydrogens is 452 g/mol. The van der Waals surface area contributed by atoms with Crippen molar-refractivity contribution in [3.8, 4) is 11.1 Å². The number of H-pyrrole nitrogens is 1. The second-order valence-electron chi connectivity index (χ2n) is 9.16. The zero-order valence-electron chi connectivity index (χ0n) is 19.9. The van der Waals surface area contributed by atoms with Crippen molar-refractivity contribution in [1.82, 2.24) is 29.8 Å². The van der Waals surface area contributed by atoms with E-state index >= 15 is 0 Å². The van der Waals surface area contributed by atoms with Gasteiger partial charge in [0, 0.05) is 46.5 Å². The molecular formula is C27H26N8O. The van der Waals surface area contributed by atoms with Gasteiger partial charge in [0.25, 0.3) is 5.91 Å². The van der Waals surface area contributed by atoms with Gasteiger partial charge < -0.3 is 20.5 Å². The topological polar surface area (TPSA) is 112 Å². The number of fused-ring (bicyclic) bond motifs is 2. The van der Waals surface area contributed by atoms with Crippen LogP contribution in [0.1, 0.15) is 23.2 Å². The number of rotatable bonds is 5. The lowest BCUT2D eigenvalue weighted by atomic mass is 10.0. The highest BCUT2D eigenvalue weighted by molar-refractivity contribution is 6.04. The van der Waals surface area contributed by atoms with Crippen molar-refractivity contribution in [3.05, 3.63) is 72.9 Å². The van der Waals surface area contributed by atoms with Gasteiger partial charge in [-0.05, 0) is 74.9 Å². The third kappa shape index (κ3) is 4.36. The van der Waals surface area contributed by atoms with Crippen molar-refractivity contribution in [2.24, 2.45) is 0 Å². The van der Waals surface area contributed by atoms with Crippen molar-refractivity contribution in [1.29, 1.82) is 0 Å². The summed E-state index contributed by atoms with van der Waals surface area (Å²) < 4.78 is 0. The predicted octanol–water partition coefficient (Wildman–Crippen LogP) is 4.33. The molecule has 0 saturated carbocycles. The first kappa shape index (κ1) is 22.1. The Bertz CT molecular complexity index is 1540. The number of nitrogens with zero attached hydrogens (tertiary/aromatic N) is 5. The van der Waals surface area contributed by atoms with E-state index in [9.17, 15) is 4.79 Å². The second-order valence-corrected chi connectivity index (χ2v) is 9.16. The predicted molar refractivity (Wildman–Crippen MR) is 141 cm³/mol. The Morgan fingerprint density at radius 2 is 1.86 bits per heavy atom. The van der Waals surface area contributed by atoms with Crippen LogP contribution in [0.2, 0.25) is 0 Å². The number of amides is 1. The highest BCUT2D eigenvalue weighted by Gasteiger charge is 2.18. The van der Waals surface area contributed by atoms with Crippen LogP contribution in [0, 0.1) is 0 Å². The molecule has 9 heteroatoms. The maximum atomic E-state index is 12.5. The minimum absolute atomic E-state index is 0.227. The Hall–Kier alpha value is -4.37. The molecule has 3 N–H and O–H groups in total.